The van der Waals surface area contributed by atoms with Crippen molar-refractivity contribution in [3.63, 3.8) is 0 Å². The standard InChI is InChI=1S/C21H23ClN4O4S/c1-26(6-7-27)11-17(28)24-19-14-5-3-2-4-12(14)8-15(19)23-21(29)30-18-10-13-9-16(22)31-20(13)25-18/h2-5,9-10,15,19,25,27H,6-8,11H2,1H3,(H,23,29)(H,24,28)/t15-,19-/m1/s1. The number of thiophene rings is 1. The molecule has 1 aliphatic rings. The molecule has 0 saturated carbocycles. The summed E-state index contributed by atoms with van der Waals surface area (Å²) >= 11 is 7.35. The highest BCUT2D eigenvalue weighted by Gasteiger charge is 2.35. The number of rotatable bonds is 7. The number of H-pyrrole nitrogens is 1. The quantitative estimate of drug-likeness (QED) is 0.432. The van der Waals surface area contributed by atoms with E-state index in [2.05, 4.69) is 15.6 Å². The summed E-state index contributed by atoms with van der Waals surface area (Å²) in [5.74, 6) is 0.149. The first-order valence-electron chi connectivity index (χ1n) is 9.86. The molecule has 0 spiro atoms. The van der Waals surface area contributed by atoms with Gasteiger partial charge < -0.3 is 25.5 Å². The Morgan fingerprint density at radius 1 is 1.32 bits per heavy atom. The fourth-order valence-electron chi connectivity index (χ4n) is 3.83. The van der Waals surface area contributed by atoms with E-state index in [1.54, 1.807) is 24.1 Å². The van der Waals surface area contributed by atoms with Crippen molar-refractivity contribution in [1.82, 2.24) is 20.5 Å². The van der Waals surface area contributed by atoms with Gasteiger partial charge in [0.2, 0.25) is 11.8 Å². The normalized spacial score (nSPS) is 17.7. The van der Waals surface area contributed by atoms with E-state index in [0.717, 1.165) is 21.3 Å². The van der Waals surface area contributed by atoms with Crippen LogP contribution in [0.1, 0.15) is 17.2 Å². The van der Waals surface area contributed by atoms with Crippen LogP contribution in [0.25, 0.3) is 10.2 Å². The third kappa shape index (κ3) is 5.01. The molecular weight excluding hydrogens is 440 g/mol. The maximum Gasteiger partial charge on any atom is 0.414 e. The van der Waals surface area contributed by atoms with Crippen molar-refractivity contribution in [3.8, 4) is 5.88 Å². The lowest BCUT2D eigenvalue weighted by atomic mass is 10.1. The highest BCUT2D eigenvalue weighted by atomic mass is 35.5. The molecule has 2 heterocycles. The first kappa shape index (κ1) is 21.6. The van der Waals surface area contributed by atoms with Gasteiger partial charge in [-0.1, -0.05) is 35.9 Å². The van der Waals surface area contributed by atoms with Crippen LogP contribution in [0, 0.1) is 0 Å². The number of carbonyl (C=O) groups excluding carboxylic acids is 2. The number of likely N-dealkylation sites (N-methyl/N-ethyl adjacent to an activating group) is 1. The molecule has 4 rings (SSSR count). The van der Waals surface area contributed by atoms with Crippen LogP contribution in [0.2, 0.25) is 4.34 Å². The first-order valence-corrected chi connectivity index (χ1v) is 11.1. The summed E-state index contributed by atoms with van der Waals surface area (Å²) in [4.78, 5) is 30.7. The zero-order chi connectivity index (χ0) is 22.0. The number of hydrogen-bond donors (Lipinski definition) is 4. The van der Waals surface area contributed by atoms with Crippen molar-refractivity contribution < 1.29 is 19.4 Å². The summed E-state index contributed by atoms with van der Waals surface area (Å²) in [5, 5.41) is 15.8. The highest BCUT2D eigenvalue weighted by Crippen LogP contribution is 2.33. The number of carbonyl (C=O) groups is 2. The van der Waals surface area contributed by atoms with Crippen LogP contribution in [0.5, 0.6) is 5.88 Å². The Morgan fingerprint density at radius 3 is 2.90 bits per heavy atom. The second-order valence-electron chi connectivity index (χ2n) is 7.52. The molecule has 1 aromatic carbocycles. The lowest BCUT2D eigenvalue weighted by Crippen LogP contribution is -2.47. The SMILES string of the molecule is CN(CCO)CC(=O)N[C@@H]1c2ccccc2C[C@H]1NC(=O)Oc1cc2cc(Cl)sc2[nH]1. The number of aromatic nitrogens is 1. The lowest BCUT2D eigenvalue weighted by Gasteiger charge is -2.24. The number of fused-ring (bicyclic) bond motifs is 2. The van der Waals surface area contributed by atoms with E-state index in [1.165, 1.54) is 11.3 Å². The molecule has 2 amide bonds. The van der Waals surface area contributed by atoms with Gasteiger partial charge in [-0.2, -0.15) is 0 Å². The molecule has 8 nitrogen and oxygen atoms in total. The number of benzene rings is 1. The van der Waals surface area contributed by atoms with Gasteiger partial charge in [-0.05, 0) is 30.7 Å². The number of nitrogens with zero attached hydrogens (tertiary/aromatic N) is 1. The smallest absolute Gasteiger partial charge is 0.395 e. The van der Waals surface area contributed by atoms with Crippen LogP contribution in [-0.4, -0.2) is 59.8 Å². The molecule has 1 aliphatic carbocycles. The monoisotopic (exact) mass is 462 g/mol. The Labute approximate surface area is 188 Å². The van der Waals surface area contributed by atoms with Crippen molar-refractivity contribution in [2.45, 2.75) is 18.5 Å². The van der Waals surface area contributed by atoms with Crippen LogP contribution in [0.3, 0.4) is 0 Å². The minimum absolute atomic E-state index is 0.0191. The van der Waals surface area contributed by atoms with Crippen LogP contribution in [0.15, 0.2) is 36.4 Å². The van der Waals surface area contributed by atoms with E-state index < -0.39 is 6.09 Å². The molecule has 3 aromatic rings. The summed E-state index contributed by atoms with van der Waals surface area (Å²) in [6.45, 7) is 0.536. The summed E-state index contributed by atoms with van der Waals surface area (Å²) < 4.78 is 6.07. The third-order valence-electron chi connectivity index (χ3n) is 5.20. The van der Waals surface area contributed by atoms with E-state index in [0.29, 0.717) is 23.2 Å². The molecule has 0 saturated heterocycles. The molecular formula is C21H23ClN4O4S. The zero-order valence-electron chi connectivity index (χ0n) is 16.9. The maximum atomic E-state index is 12.6. The molecule has 0 bridgehead atoms. The Balaban J connectivity index is 1.43. The number of hydrogen-bond acceptors (Lipinski definition) is 6. The lowest BCUT2D eigenvalue weighted by molar-refractivity contribution is -0.122. The van der Waals surface area contributed by atoms with Crippen LogP contribution in [0.4, 0.5) is 4.79 Å². The summed E-state index contributed by atoms with van der Waals surface area (Å²) in [5.41, 5.74) is 2.04. The minimum atomic E-state index is -0.602. The Hall–Kier alpha value is -2.59. The molecule has 2 atom stereocenters. The van der Waals surface area contributed by atoms with E-state index >= 15 is 0 Å². The van der Waals surface area contributed by atoms with Crippen molar-refractivity contribution >= 4 is 45.2 Å². The van der Waals surface area contributed by atoms with E-state index in [4.69, 9.17) is 21.4 Å². The summed E-state index contributed by atoms with van der Waals surface area (Å²) in [6.07, 6.45) is -0.0209. The van der Waals surface area contributed by atoms with Crippen molar-refractivity contribution in [2.24, 2.45) is 0 Å². The number of aliphatic hydroxyl groups is 1. The second-order valence-corrected chi connectivity index (χ2v) is 9.20. The van der Waals surface area contributed by atoms with E-state index in [-0.39, 0.29) is 31.1 Å². The molecule has 10 heteroatoms. The molecule has 0 aliphatic heterocycles. The van der Waals surface area contributed by atoms with Crippen molar-refractivity contribution in [3.05, 3.63) is 51.9 Å². The van der Waals surface area contributed by atoms with Gasteiger partial charge in [-0.25, -0.2) is 4.79 Å². The van der Waals surface area contributed by atoms with Gasteiger partial charge in [0, 0.05) is 18.0 Å². The van der Waals surface area contributed by atoms with Gasteiger partial charge in [-0.3, -0.25) is 9.69 Å². The number of aliphatic hydroxyl groups excluding tert-OH is 1. The van der Waals surface area contributed by atoms with Crippen LogP contribution in [-0.2, 0) is 11.2 Å². The predicted molar refractivity (Wildman–Crippen MR) is 120 cm³/mol. The van der Waals surface area contributed by atoms with Gasteiger partial charge in [0.25, 0.3) is 0 Å². The maximum absolute atomic E-state index is 12.6. The van der Waals surface area contributed by atoms with Gasteiger partial charge in [0.15, 0.2) is 0 Å². The van der Waals surface area contributed by atoms with E-state index in [1.807, 2.05) is 24.3 Å². The molecule has 2 aromatic heterocycles. The number of nitrogens with one attached hydrogen (secondary N) is 3. The van der Waals surface area contributed by atoms with Gasteiger partial charge in [0.1, 0.15) is 4.83 Å². The third-order valence-corrected chi connectivity index (χ3v) is 6.40. The summed E-state index contributed by atoms with van der Waals surface area (Å²) in [6, 6.07) is 10.6. The fraction of sp³-hybridized carbons (Fsp3) is 0.333. The molecule has 0 unspecified atom stereocenters. The number of aromatic amines is 1. The molecule has 4 N–H and O–H groups in total. The highest BCUT2D eigenvalue weighted by molar-refractivity contribution is 7.22. The molecule has 0 radical (unpaired) electrons. The molecule has 164 valence electrons. The number of halogens is 1. The van der Waals surface area contributed by atoms with Gasteiger partial charge >= 0.3 is 6.09 Å². The minimum Gasteiger partial charge on any atom is -0.395 e. The molecule has 0 fully saturated rings. The van der Waals surface area contributed by atoms with Crippen molar-refractivity contribution in [1.29, 1.82) is 0 Å². The zero-order valence-corrected chi connectivity index (χ0v) is 18.4. The average molecular weight is 463 g/mol. The van der Waals surface area contributed by atoms with Gasteiger partial charge in [-0.15, -0.1) is 11.3 Å². The Kier molecular flexibility index (Phi) is 6.47. The first-order chi connectivity index (χ1) is 14.9. The Bertz CT molecular complexity index is 1070. The fourth-order valence-corrected chi connectivity index (χ4v) is 4.94. The van der Waals surface area contributed by atoms with Crippen molar-refractivity contribution in [2.75, 3.05) is 26.7 Å². The predicted octanol–water partition coefficient (Wildman–Crippen LogP) is 2.68. The van der Waals surface area contributed by atoms with E-state index in [9.17, 15) is 9.59 Å². The molecule has 31 heavy (non-hydrogen) atoms. The topological polar surface area (TPSA) is 107 Å². The number of amides is 2. The second kappa shape index (κ2) is 9.27. The average Bonchev–Trinajstić information content (AvgIpc) is 3.33. The van der Waals surface area contributed by atoms with Gasteiger partial charge in [0.05, 0.1) is 29.6 Å². The largest absolute Gasteiger partial charge is 0.414 e. The number of ether oxygens (including phenoxy) is 1. The van der Waals surface area contributed by atoms with Crippen LogP contribution < -0.4 is 15.4 Å². The Morgan fingerprint density at radius 2 is 2.13 bits per heavy atom. The summed E-state index contributed by atoms with van der Waals surface area (Å²) in [7, 11) is 1.76. The van der Waals surface area contributed by atoms with Crippen LogP contribution >= 0.6 is 22.9 Å².